The van der Waals surface area contributed by atoms with Crippen LogP contribution in [0.3, 0.4) is 0 Å². The summed E-state index contributed by atoms with van der Waals surface area (Å²) < 4.78 is 0. The lowest BCUT2D eigenvalue weighted by Crippen LogP contribution is -2.25. The van der Waals surface area contributed by atoms with Crippen molar-refractivity contribution in [1.82, 2.24) is 9.97 Å². The van der Waals surface area contributed by atoms with Gasteiger partial charge < -0.3 is 10.2 Å². The van der Waals surface area contributed by atoms with Crippen molar-refractivity contribution >= 4 is 23.4 Å². The van der Waals surface area contributed by atoms with E-state index in [0.29, 0.717) is 23.3 Å². The zero-order chi connectivity index (χ0) is 12.7. The highest BCUT2D eigenvalue weighted by atomic mass is 35.5. The van der Waals surface area contributed by atoms with Crippen LogP contribution in [0.25, 0.3) is 0 Å². The lowest BCUT2D eigenvalue weighted by Gasteiger charge is -2.18. The number of hydrogen-bond donors (Lipinski definition) is 1. The van der Waals surface area contributed by atoms with Gasteiger partial charge in [0.25, 0.3) is 0 Å². The summed E-state index contributed by atoms with van der Waals surface area (Å²) in [5.41, 5.74) is 0. The topological polar surface area (TPSA) is 88.6 Å². The van der Waals surface area contributed by atoms with E-state index in [0.717, 1.165) is 0 Å². The molecule has 6 nitrogen and oxygen atoms in total. The average molecular weight is 251 g/mol. The van der Waals surface area contributed by atoms with Gasteiger partial charge in [-0.15, -0.1) is 0 Å². The minimum Gasteiger partial charge on any atom is -0.354 e. The highest BCUT2D eigenvalue weighted by molar-refractivity contribution is 6.32. The average Bonchev–Trinajstić information content (AvgIpc) is 2.32. The summed E-state index contributed by atoms with van der Waals surface area (Å²) in [5.74, 6) is 0.813. The van der Waals surface area contributed by atoms with E-state index in [2.05, 4.69) is 15.3 Å². The molecule has 17 heavy (non-hydrogen) atoms. The molecule has 88 valence electrons. The number of nitrogens with zero attached hydrogens (tertiary/aromatic N) is 5. The predicted molar refractivity (Wildman–Crippen MR) is 64.6 cm³/mol. The van der Waals surface area contributed by atoms with Crippen LogP contribution in [0, 0.1) is 22.7 Å². The lowest BCUT2D eigenvalue weighted by molar-refractivity contribution is 0.924. The number of anilines is 2. The first kappa shape index (κ1) is 13.0. The van der Waals surface area contributed by atoms with Crippen LogP contribution in [0.2, 0.25) is 5.02 Å². The van der Waals surface area contributed by atoms with Crippen molar-refractivity contribution in [3.05, 3.63) is 11.2 Å². The fourth-order valence-corrected chi connectivity index (χ4v) is 1.41. The van der Waals surface area contributed by atoms with Crippen molar-refractivity contribution in [3.63, 3.8) is 0 Å². The molecule has 1 N–H and O–H groups in total. The Morgan fingerprint density at radius 2 is 2.06 bits per heavy atom. The first-order valence-corrected chi connectivity index (χ1v) is 5.36. The molecule has 0 aliphatic carbocycles. The largest absolute Gasteiger partial charge is 0.354 e. The third-order valence-corrected chi connectivity index (χ3v) is 2.15. The molecule has 0 radical (unpaired) electrons. The second-order valence-corrected chi connectivity index (χ2v) is 3.47. The van der Waals surface area contributed by atoms with Crippen LogP contribution < -0.4 is 10.2 Å². The normalized spacial score (nSPS) is 9.18. The molecule has 0 spiro atoms. The van der Waals surface area contributed by atoms with Crippen LogP contribution in [0.1, 0.15) is 6.92 Å². The molecule has 1 rings (SSSR count). The fraction of sp³-hybridized carbons (Fsp3) is 0.400. The number of rotatable bonds is 5. The Balaban J connectivity index is 3.04. The number of nitriles is 2. The monoisotopic (exact) mass is 250 g/mol. The first-order chi connectivity index (χ1) is 8.22. The molecule has 0 bridgehead atoms. The molecule has 0 atom stereocenters. The van der Waals surface area contributed by atoms with Crippen LogP contribution >= 0.6 is 11.6 Å². The molecule has 1 aromatic heterocycles. The Labute approximate surface area is 104 Å². The summed E-state index contributed by atoms with van der Waals surface area (Å²) in [6.45, 7) is 2.70. The number of hydrogen-bond acceptors (Lipinski definition) is 6. The standard InChI is InChI=1S/C10H11ClN6/c1-2-14-10-15-7-8(11)9(16-10)17(5-3-12)6-4-13/h7H,2,5-6H2,1H3,(H,14,15,16). The van der Waals surface area contributed by atoms with Crippen molar-refractivity contribution in [2.75, 3.05) is 29.9 Å². The third kappa shape index (κ3) is 3.47. The molecule has 0 amide bonds. The first-order valence-electron chi connectivity index (χ1n) is 4.98. The van der Waals surface area contributed by atoms with Gasteiger partial charge in [-0.2, -0.15) is 15.5 Å². The smallest absolute Gasteiger partial charge is 0.224 e. The van der Waals surface area contributed by atoms with Gasteiger partial charge in [-0.1, -0.05) is 11.6 Å². The molecule has 0 unspecified atom stereocenters. The van der Waals surface area contributed by atoms with Crippen LogP contribution in [0.5, 0.6) is 0 Å². The zero-order valence-corrected chi connectivity index (χ0v) is 10.1. The van der Waals surface area contributed by atoms with E-state index in [9.17, 15) is 0 Å². The van der Waals surface area contributed by atoms with Crippen molar-refractivity contribution in [1.29, 1.82) is 10.5 Å². The molecule has 7 heteroatoms. The van der Waals surface area contributed by atoms with Gasteiger partial charge in [0, 0.05) is 6.54 Å². The molecule has 0 fully saturated rings. The van der Waals surface area contributed by atoms with Crippen LogP contribution in [-0.4, -0.2) is 29.6 Å². The lowest BCUT2D eigenvalue weighted by atomic mass is 10.4. The molecule has 0 saturated heterocycles. The Morgan fingerprint density at radius 3 is 2.59 bits per heavy atom. The quantitative estimate of drug-likeness (QED) is 0.795. The van der Waals surface area contributed by atoms with Gasteiger partial charge in [0.05, 0.1) is 18.3 Å². The Morgan fingerprint density at radius 1 is 1.41 bits per heavy atom. The summed E-state index contributed by atoms with van der Waals surface area (Å²) in [7, 11) is 0. The van der Waals surface area contributed by atoms with Crippen LogP contribution in [0.15, 0.2) is 6.20 Å². The summed E-state index contributed by atoms with van der Waals surface area (Å²) in [4.78, 5) is 9.64. The molecule has 0 aliphatic heterocycles. The van der Waals surface area contributed by atoms with Gasteiger partial charge in [-0.05, 0) is 6.92 Å². The van der Waals surface area contributed by atoms with Crippen LogP contribution in [-0.2, 0) is 0 Å². The van der Waals surface area contributed by atoms with Gasteiger partial charge in [-0.3, -0.25) is 0 Å². The summed E-state index contributed by atoms with van der Waals surface area (Å²) in [6, 6.07) is 3.93. The summed E-state index contributed by atoms with van der Waals surface area (Å²) in [5, 5.41) is 20.6. The number of halogens is 1. The van der Waals surface area contributed by atoms with E-state index in [4.69, 9.17) is 22.1 Å². The van der Waals surface area contributed by atoms with Gasteiger partial charge in [0.2, 0.25) is 5.95 Å². The SMILES string of the molecule is CCNc1ncc(Cl)c(N(CC#N)CC#N)n1. The maximum absolute atomic E-state index is 8.68. The van der Waals surface area contributed by atoms with E-state index >= 15 is 0 Å². The minimum absolute atomic E-state index is 0.0514. The van der Waals surface area contributed by atoms with Crippen molar-refractivity contribution in [2.45, 2.75) is 6.92 Å². The highest BCUT2D eigenvalue weighted by Gasteiger charge is 2.13. The second-order valence-electron chi connectivity index (χ2n) is 3.07. The molecular weight excluding hydrogens is 240 g/mol. The van der Waals surface area contributed by atoms with E-state index < -0.39 is 0 Å². The van der Waals surface area contributed by atoms with E-state index in [-0.39, 0.29) is 13.1 Å². The maximum atomic E-state index is 8.68. The van der Waals surface area contributed by atoms with Gasteiger partial charge in [-0.25, -0.2) is 4.98 Å². The number of aromatic nitrogens is 2. The maximum Gasteiger partial charge on any atom is 0.224 e. The minimum atomic E-state index is 0.0514. The number of nitrogens with one attached hydrogen (secondary N) is 1. The van der Waals surface area contributed by atoms with Crippen molar-refractivity contribution in [2.24, 2.45) is 0 Å². The van der Waals surface area contributed by atoms with Gasteiger partial charge >= 0.3 is 0 Å². The van der Waals surface area contributed by atoms with E-state index in [1.165, 1.54) is 11.1 Å². The fourth-order valence-electron chi connectivity index (χ4n) is 1.20. The third-order valence-electron chi connectivity index (χ3n) is 1.88. The van der Waals surface area contributed by atoms with Crippen molar-refractivity contribution in [3.8, 4) is 12.1 Å². The van der Waals surface area contributed by atoms with Gasteiger partial charge in [0.1, 0.15) is 18.1 Å². The van der Waals surface area contributed by atoms with Crippen LogP contribution in [0.4, 0.5) is 11.8 Å². The zero-order valence-electron chi connectivity index (χ0n) is 9.31. The molecule has 0 saturated carbocycles. The van der Waals surface area contributed by atoms with E-state index in [1.807, 2.05) is 19.1 Å². The van der Waals surface area contributed by atoms with Gasteiger partial charge in [0.15, 0.2) is 5.82 Å². The summed E-state index contributed by atoms with van der Waals surface area (Å²) in [6.07, 6.45) is 1.45. The van der Waals surface area contributed by atoms with Crippen molar-refractivity contribution < 1.29 is 0 Å². The highest BCUT2D eigenvalue weighted by Crippen LogP contribution is 2.23. The predicted octanol–water partition coefficient (Wildman–Crippen LogP) is 1.42. The summed E-state index contributed by atoms with van der Waals surface area (Å²) >= 11 is 5.95. The molecule has 1 heterocycles. The molecule has 1 aromatic rings. The second kappa shape index (κ2) is 6.51. The Hall–Kier alpha value is -2.05. The molecule has 0 aliphatic rings. The van der Waals surface area contributed by atoms with E-state index in [1.54, 1.807) is 0 Å². The Bertz CT molecular complexity index is 445. The molecule has 0 aromatic carbocycles. The Kier molecular flexibility index (Phi) is 4.99. The molecular formula is C10H11ClN6.